The number of sulfonamides is 1. The van der Waals surface area contributed by atoms with Gasteiger partial charge in [-0.3, -0.25) is 4.68 Å². The molecule has 0 radical (unpaired) electrons. The first kappa shape index (κ1) is 17.6. The van der Waals surface area contributed by atoms with Crippen LogP contribution in [0.1, 0.15) is 37.9 Å². The van der Waals surface area contributed by atoms with E-state index >= 15 is 0 Å². The Labute approximate surface area is 153 Å². The predicted molar refractivity (Wildman–Crippen MR) is 92.7 cm³/mol. The molecule has 1 saturated heterocycles. The fraction of sp³-hybridized carbons (Fsp3) is 0.688. The summed E-state index contributed by atoms with van der Waals surface area (Å²) < 4.78 is 36.0. The van der Waals surface area contributed by atoms with Crippen LogP contribution in [0.15, 0.2) is 23.5 Å². The van der Waals surface area contributed by atoms with Crippen molar-refractivity contribution in [3.05, 3.63) is 24.3 Å². The van der Waals surface area contributed by atoms with Gasteiger partial charge in [0.15, 0.2) is 0 Å². The van der Waals surface area contributed by atoms with Gasteiger partial charge in [0.1, 0.15) is 10.6 Å². The highest BCUT2D eigenvalue weighted by Crippen LogP contribution is 2.29. The van der Waals surface area contributed by atoms with Gasteiger partial charge in [-0.1, -0.05) is 5.21 Å². The van der Waals surface area contributed by atoms with E-state index in [-0.39, 0.29) is 10.9 Å². The van der Waals surface area contributed by atoms with Gasteiger partial charge in [-0.05, 0) is 32.1 Å². The average Bonchev–Trinajstić information content (AvgIpc) is 3.09. The minimum absolute atomic E-state index is 0.00400. The molecule has 1 aliphatic heterocycles. The summed E-state index contributed by atoms with van der Waals surface area (Å²) in [5.41, 5.74) is 0.788. The van der Waals surface area contributed by atoms with Crippen molar-refractivity contribution in [3.63, 3.8) is 0 Å². The maximum atomic E-state index is 12.8. The molecule has 1 atom stereocenters. The Kier molecular flexibility index (Phi) is 4.80. The second-order valence-corrected chi connectivity index (χ2v) is 8.92. The summed E-state index contributed by atoms with van der Waals surface area (Å²) in [4.78, 5) is 0.243. The number of nitrogens with zero attached hydrogens (tertiary/aromatic N) is 6. The topological polar surface area (TPSA) is 95.1 Å². The Morgan fingerprint density at radius 2 is 2.12 bits per heavy atom. The molecular weight excluding hydrogens is 356 g/mol. The monoisotopic (exact) mass is 380 g/mol. The van der Waals surface area contributed by atoms with Crippen LogP contribution < -0.4 is 0 Å². The highest BCUT2D eigenvalue weighted by Gasteiger charge is 2.34. The largest absolute Gasteiger partial charge is 0.375 e. The molecular formula is C16H24N6O3S. The molecule has 9 nitrogen and oxygen atoms in total. The first-order chi connectivity index (χ1) is 12.6. The van der Waals surface area contributed by atoms with Gasteiger partial charge >= 0.3 is 0 Å². The Morgan fingerprint density at radius 3 is 2.85 bits per heavy atom. The summed E-state index contributed by atoms with van der Waals surface area (Å²) in [7, 11) is -3.52. The van der Waals surface area contributed by atoms with Gasteiger partial charge in [-0.15, -0.1) is 5.10 Å². The first-order valence-electron chi connectivity index (χ1n) is 9.07. The molecule has 2 aromatic rings. The lowest BCUT2D eigenvalue weighted by Gasteiger charge is -2.15. The zero-order valence-electron chi connectivity index (χ0n) is 14.9. The minimum Gasteiger partial charge on any atom is -0.375 e. The molecule has 1 saturated carbocycles. The molecule has 0 amide bonds. The summed E-state index contributed by atoms with van der Waals surface area (Å²) in [6, 6.07) is -0.00400. The maximum absolute atomic E-state index is 12.8. The van der Waals surface area contributed by atoms with E-state index in [1.807, 2.05) is 13.1 Å². The van der Waals surface area contributed by atoms with E-state index in [1.165, 1.54) is 23.3 Å². The highest BCUT2D eigenvalue weighted by atomic mass is 32.2. The van der Waals surface area contributed by atoms with Gasteiger partial charge < -0.3 is 4.74 Å². The fourth-order valence-electron chi connectivity index (χ4n) is 3.12. The van der Waals surface area contributed by atoms with Crippen LogP contribution in [0.5, 0.6) is 0 Å². The van der Waals surface area contributed by atoms with Crippen LogP contribution in [0.2, 0.25) is 0 Å². The Bertz CT molecular complexity index is 857. The molecule has 26 heavy (non-hydrogen) atoms. The van der Waals surface area contributed by atoms with Gasteiger partial charge in [0.05, 0.1) is 25.0 Å². The molecule has 2 fully saturated rings. The number of aryl methyl sites for hydroxylation is 1. The maximum Gasteiger partial charge on any atom is 0.246 e. The number of hydrogen-bond donors (Lipinski definition) is 0. The number of aromatic nitrogens is 5. The lowest BCUT2D eigenvalue weighted by molar-refractivity contribution is 0.108. The third kappa shape index (κ3) is 3.67. The average molecular weight is 380 g/mol. The molecule has 1 aliphatic carbocycles. The molecule has 0 N–H and O–H groups in total. The molecule has 2 aliphatic rings. The zero-order chi connectivity index (χ0) is 18.1. The standard InChI is InChI=1S/C16H24N6O3S/c1-2-20-10-16(7-17-20)26(23,24)21-6-5-15(9-21)22-8-14(18-19-22)12-25-11-13-3-4-13/h7-8,10,13,15H,2-6,9,11-12H2,1H3. The third-order valence-electron chi connectivity index (χ3n) is 4.93. The summed E-state index contributed by atoms with van der Waals surface area (Å²) in [6.07, 6.45) is 8.09. The fourth-order valence-corrected chi connectivity index (χ4v) is 4.56. The minimum atomic E-state index is -3.52. The van der Waals surface area contributed by atoms with Crippen molar-refractivity contribution >= 4 is 10.0 Å². The molecule has 1 unspecified atom stereocenters. The highest BCUT2D eigenvalue weighted by molar-refractivity contribution is 7.89. The molecule has 142 valence electrons. The molecule has 2 aromatic heterocycles. The van der Waals surface area contributed by atoms with Crippen molar-refractivity contribution in [1.82, 2.24) is 29.1 Å². The van der Waals surface area contributed by atoms with E-state index in [0.717, 1.165) is 18.2 Å². The lowest BCUT2D eigenvalue weighted by Crippen LogP contribution is -2.29. The van der Waals surface area contributed by atoms with Crippen molar-refractivity contribution in [2.24, 2.45) is 5.92 Å². The normalized spacial score (nSPS) is 21.5. The van der Waals surface area contributed by atoms with Crippen molar-refractivity contribution in [2.45, 2.75) is 50.3 Å². The van der Waals surface area contributed by atoms with E-state index in [2.05, 4.69) is 15.4 Å². The van der Waals surface area contributed by atoms with E-state index in [4.69, 9.17) is 4.74 Å². The Hall–Kier alpha value is -1.78. The van der Waals surface area contributed by atoms with Gasteiger partial charge in [-0.25, -0.2) is 13.1 Å². The second kappa shape index (κ2) is 7.09. The van der Waals surface area contributed by atoms with Crippen LogP contribution in [0.25, 0.3) is 0 Å². The van der Waals surface area contributed by atoms with Crippen molar-refractivity contribution in [2.75, 3.05) is 19.7 Å². The molecule has 10 heteroatoms. The van der Waals surface area contributed by atoms with Gasteiger partial charge in [0, 0.05) is 32.4 Å². The smallest absolute Gasteiger partial charge is 0.246 e. The lowest BCUT2D eigenvalue weighted by atomic mass is 10.3. The van der Waals surface area contributed by atoms with Crippen LogP contribution in [0, 0.1) is 5.92 Å². The molecule has 3 heterocycles. The molecule has 0 aromatic carbocycles. The van der Waals surface area contributed by atoms with Gasteiger partial charge in [-0.2, -0.15) is 9.40 Å². The summed E-state index contributed by atoms with van der Waals surface area (Å²) in [5, 5.41) is 12.4. The quantitative estimate of drug-likeness (QED) is 0.679. The zero-order valence-corrected chi connectivity index (χ0v) is 15.7. The van der Waals surface area contributed by atoms with Crippen molar-refractivity contribution in [1.29, 1.82) is 0 Å². The summed E-state index contributed by atoms with van der Waals surface area (Å²) in [5.74, 6) is 0.718. The van der Waals surface area contributed by atoms with Crippen molar-refractivity contribution < 1.29 is 13.2 Å². The number of rotatable bonds is 8. The van der Waals surface area contributed by atoms with Gasteiger partial charge in [0.25, 0.3) is 0 Å². The summed E-state index contributed by atoms with van der Waals surface area (Å²) >= 11 is 0. The third-order valence-corrected chi connectivity index (χ3v) is 6.75. The predicted octanol–water partition coefficient (Wildman–Crippen LogP) is 1.06. The van der Waals surface area contributed by atoms with E-state index < -0.39 is 10.0 Å². The Morgan fingerprint density at radius 1 is 1.27 bits per heavy atom. The van der Waals surface area contributed by atoms with Crippen LogP contribution >= 0.6 is 0 Å². The Balaban J connectivity index is 1.37. The van der Waals surface area contributed by atoms with E-state index in [1.54, 1.807) is 15.6 Å². The van der Waals surface area contributed by atoms with E-state index in [0.29, 0.717) is 32.7 Å². The number of ether oxygens (including phenoxy) is 1. The molecule has 0 bridgehead atoms. The van der Waals surface area contributed by atoms with Crippen LogP contribution in [0.4, 0.5) is 0 Å². The van der Waals surface area contributed by atoms with Crippen LogP contribution in [-0.4, -0.2) is 57.2 Å². The van der Waals surface area contributed by atoms with Crippen LogP contribution in [0.3, 0.4) is 0 Å². The summed E-state index contributed by atoms with van der Waals surface area (Å²) in [6.45, 7) is 4.67. The molecule has 4 rings (SSSR count). The van der Waals surface area contributed by atoms with Gasteiger partial charge in [0.2, 0.25) is 10.0 Å². The number of hydrogen-bond acceptors (Lipinski definition) is 6. The second-order valence-electron chi connectivity index (χ2n) is 6.99. The SMILES string of the molecule is CCn1cc(S(=O)(=O)N2CCC(n3cc(COCC4CC4)nn3)C2)cn1. The van der Waals surface area contributed by atoms with E-state index in [9.17, 15) is 8.42 Å². The molecule has 0 spiro atoms. The first-order valence-corrected chi connectivity index (χ1v) is 10.5. The van der Waals surface area contributed by atoms with Crippen LogP contribution in [-0.2, 0) is 27.9 Å². The van der Waals surface area contributed by atoms with Crippen molar-refractivity contribution in [3.8, 4) is 0 Å².